The highest BCUT2D eigenvalue weighted by Crippen LogP contribution is 2.18. The van der Waals surface area contributed by atoms with Crippen LogP contribution >= 0.6 is 0 Å². The molecule has 0 spiro atoms. The van der Waals surface area contributed by atoms with Crippen LogP contribution in [0.3, 0.4) is 0 Å². The van der Waals surface area contributed by atoms with E-state index in [4.69, 9.17) is 5.73 Å². The number of ketones is 1. The Morgan fingerprint density at radius 1 is 1.38 bits per heavy atom. The number of carbonyl (C=O) groups is 2. The summed E-state index contributed by atoms with van der Waals surface area (Å²) in [5.74, 6) is -0.00801. The van der Waals surface area contributed by atoms with Crippen LogP contribution in [-0.4, -0.2) is 31.6 Å². The fourth-order valence-electron chi connectivity index (χ4n) is 1.31. The Morgan fingerprint density at radius 2 is 1.94 bits per heavy atom. The number of carbonyl (C=O) groups excluding carboxylic acids is 2. The molecule has 5 nitrogen and oxygen atoms in total. The summed E-state index contributed by atoms with van der Waals surface area (Å²) in [6.07, 6.45) is 0.651. The number of rotatable bonds is 5. The van der Waals surface area contributed by atoms with Crippen molar-refractivity contribution < 1.29 is 14.3 Å². The lowest BCUT2D eigenvalue weighted by molar-refractivity contribution is -0.128. The SMILES string of the molecule is COC(=O)N[C@@H](CCCN)C(=O)C(C)(C)C. The highest BCUT2D eigenvalue weighted by atomic mass is 16.5. The number of Topliss-reactive ketones (excluding diaryl/α,β-unsaturated/α-hetero) is 1. The van der Waals surface area contributed by atoms with Gasteiger partial charge in [-0.25, -0.2) is 4.79 Å². The minimum absolute atomic E-state index is 0.00801. The predicted molar refractivity (Wildman–Crippen MR) is 62.1 cm³/mol. The molecule has 1 atom stereocenters. The molecule has 0 saturated carbocycles. The van der Waals surface area contributed by atoms with Crippen molar-refractivity contribution in [1.82, 2.24) is 5.32 Å². The van der Waals surface area contributed by atoms with Gasteiger partial charge in [0.15, 0.2) is 5.78 Å². The molecule has 16 heavy (non-hydrogen) atoms. The molecule has 0 heterocycles. The molecule has 0 aromatic heterocycles. The zero-order chi connectivity index (χ0) is 12.8. The summed E-state index contributed by atoms with van der Waals surface area (Å²) in [6, 6.07) is -0.518. The Bertz CT molecular complexity index is 246. The highest BCUT2D eigenvalue weighted by molar-refractivity contribution is 5.91. The quantitative estimate of drug-likeness (QED) is 0.740. The Morgan fingerprint density at radius 3 is 2.31 bits per heavy atom. The topological polar surface area (TPSA) is 81.4 Å². The Balaban J connectivity index is 4.53. The van der Waals surface area contributed by atoms with Gasteiger partial charge < -0.3 is 15.8 Å². The molecule has 3 N–H and O–H groups in total. The first-order valence-corrected chi connectivity index (χ1v) is 5.41. The minimum Gasteiger partial charge on any atom is -0.453 e. The summed E-state index contributed by atoms with van der Waals surface area (Å²) < 4.78 is 4.49. The highest BCUT2D eigenvalue weighted by Gasteiger charge is 2.30. The fraction of sp³-hybridized carbons (Fsp3) is 0.818. The average Bonchev–Trinajstić information content (AvgIpc) is 2.21. The first-order chi connectivity index (χ1) is 7.32. The predicted octanol–water partition coefficient (Wildman–Crippen LogP) is 1.07. The fourth-order valence-corrected chi connectivity index (χ4v) is 1.31. The second-order valence-electron chi connectivity index (χ2n) is 4.73. The van der Waals surface area contributed by atoms with Crippen LogP contribution < -0.4 is 11.1 Å². The van der Waals surface area contributed by atoms with E-state index in [1.165, 1.54) is 7.11 Å². The zero-order valence-corrected chi connectivity index (χ0v) is 10.5. The monoisotopic (exact) mass is 230 g/mol. The number of hydrogen-bond donors (Lipinski definition) is 2. The minimum atomic E-state index is -0.584. The van der Waals surface area contributed by atoms with Crippen molar-refractivity contribution in [2.75, 3.05) is 13.7 Å². The van der Waals surface area contributed by atoms with Crippen LogP contribution in [0.15, 0.2) is 0 Å². The van der Waals surface area contributed by atoms with E-state index < -0.39 is 17.6 Å². The Labute approximate surface area is 96.7 Å². The maximum absolute atomic E-state index is 12.0. The maximum Gasteiger partial charge on any atom is 0.407 e. The van der Waals surface area contributed by atoms with Crippen LogP contribution in [0.25, 0.3) is 0 Å². The first kappa shape index (κ1) is 14.9. The van der Waals surface area contributed by atoms with E-state index in [-0.39, 0.29) is 5.78 Å². The van der Waals surface area contributed by atoms with Gasteiger partial charge in [-0.1, -0.05) is 20.8 Å². The first-order valence-electron chi connectivity index (χ1n) is 5.41. The Hall–Kier alpha value is -1.10. The number of alkyl carbamates (subject to hydrolysis) is 1. The van der Waals surface area contributed by atoms with Gasteiger partial charge >= 0.3 is 6.09 Å². The van der Waals surface area contributed by atoms with Crippen molar-refractivity contribution in [3.63, 3.8) is 0 Å². The zero-order valence-electron chi connectivity index (χ0n) is 10.5. The van der Waals surface area contributed by atoms with Crippen LogP contribution in [0.4, 0.5) is 4.79 Å². The van der Waals surface area contributed by atoms with Gasteiger partial charge in [0.2, 0.25) is 0 Å². The number of amides is 1. The van der Waals surface area contributed by atoms with Crippen molar-refractivity contribution >= 4 is 11.9 Å². The third-order valence-electron chi connectivity index (χ3n) is 2.23. The molecule has 5 heteroatoms. The Kier molecular flexibility index (Phi) is 6.03. The molecular weight excluding hydrogens is 208 g/mol. The standard InChI is InChI=1S/C11H22N2O3/c1-11(2,3)9(14)8(6-5-7-12)13-10(15)16-4/h8H,5-7,12H2,1-4H3,(H,13,15)/t8-/m0/s1. The molecule has 0 radical (unpaired) electrons. The van der Waals surface area contributed by atoms with Crippen molar-refractivity contribution in [2.45, 2.75) is 39.7 Å². The summed E-state index contributed by atoms with van der Waals surface area (Å²) in [7, 11) is 1.27. The molecular formula is C11H22N2O3. The molecule has 0 aliphatic carbocycles. The van der Waals surface area contributed by atoms with Gasteiger partial charge in [-0.2, -0.15) is 0 Å². The second kappa shape index (κ2) is 6.48. The van der Waals surface area contributed by atoms with E-state index in [2.05, 4.69) is 10.1 Å². The van der Waals surface area contributed by atoms with Crippen LogP contribution in [0.2, 0.25) is 0 Å². The van der Waals surface area contributed by atoms with Crippen molar-refractivity contribution in [3.05, 3.63) is 0 Å². The molecule has 0 aromatic rings. The van der Waals surface area contributed by atoms with E-state index in [1.807, 2.05) is 20.8 Å². The van der Waals surface area contributed by atoms with Crippen LogP contribution in [0.5, 0.6) is 0 Å². The van der Waals surface area contributed by atoms with Gasteiger partial charge in [0.25, 0.3) is 0 Å². The number of methoxy groups -OCH3 is 1. The summed E-state index contributed by atoms with van der Waals surface area (Å²) in [6.45, 7) is 5.97. The summed E-state index contributed by atoms with van der Waals surface area (Å²) in [5.41, 5.74) is 4.91. The van der Waals surface area contributed by atoms with Gasteiger partial charge in [-0.15, -0.1) is 0 Å². The van der Waals surface area contributed by atoms with Crippen molar-refractivity contribution in [3.8, 4) is 0 Å². The van der Waals surface area contributed by atoms with Gasteiger partial charge in [0, 0.05) is 5.41 Å². The third kappa shape index (κ3) is 5.11. The molecule has 0 aromatic carbocycles. The molecule has 1 amide bonds. The van der Waals surface area contributed by atoms with E-state index in [9.17, 15) is 9.59 Å². The molecule has 0 rings (SSSR count). The van der Waals surface area contributed by atoms with E-state index in [0.29, 0.717) is 19.4 Å². The van der Waals surface area contributed by atoms with Crippen molar-refractivity contribution in [2.24, 2.45) is 11.1 Å². The van der Waals surface area contributed by atoms with Crippen LogP contribution in [-0.2, 0) is 9.53 Å². The van der Waals surface area contributed by atoms with Gasteiger partial charge in [-0.3, -0.25) is 4.79 Å². The van der Waals surface area contributed by atoms with Crippen LogP contribution in [0.1, 0.15) is 33.6 Å². The lowest BCUT2D eigenvalue weighted by Gasteiger charge is -2.24. The molecule has 0 aliphatic rings. The molecule has 0 unspecified atom stereocenters. The van der Waals surface area contributed by atoms with E-state index >= 15 is 0 Å². The largest absolute Gasteiger partial charge is 0.453 e. The van der Waals surface area contributed by atoms with E-state index in [1.54, 1.807) is 0 Å². The smallest absolute Gasteiger partial charge is 0.407 e. The molecule has 0 fully saturated rings. The van der Waals surface area contributed by atoms with Crippen molar-refractivity contribution in [1.29, 1.82) is 0 Å². The van der Waals surface area contributed by atoms with Gasteiger partial charge in [-0.05, 0) is 19.4 Å². The molecule has 94 valence electrons. The second-order valence-corrected chi connectivity index (χ2v) is 4.73. The molecule has 0 saturated heterocycles. The average molecular weight is 230 g/mol. The number of hydrogen-bond acceptors (Lipinski definition) is 4. The normalized spacial score (nSPS) is 13.1. The van der Waals surface area contributed by atoms with Crippen LogP contribution in [0, 0.1) is 5.41 Å². The number of ether oxygens (including phenoxy) is 1. The summed E-state index contributed by atoms with van der Waals surface area (Å²) in [4.78, 5) is 23.1. The maximum atomic E-state index is 12.0. The summed E-state index contributed by atoms with van der Waals surface area (Å²) in [5, 5.41) is 2.54. The number of nitrogens with two attached hydrogens (primary N) is 1. The van der Waals surface area contributed by atoms with Gasteiger partial charge in [0.1, 0.15) is 0 Å². The lowest BCUT2D eigenvalue weighted by atomic mass is 9.85. The molecule has 0 aliphatic heterocycles. The lowest BCUT2D eigenvalue weighted by Crippen LogP contribution is -2.45. The third-order valence-corrected chi connectivity index (χ3v) is 2.23. The molecule has 0 bridgehead atoms. The van der Waals surface area contributed by atoms with Gasteiger partial charge in [0.05, 0.1) is 13.2 Å². The summed E-state index contributed by atoms with van der Waals surface area (Å²) >= 11 is 0. The number of nitrogens with one attached hydrogen (secondary N) is 1. The van der Waals surface area contributed by atoms with E-state index in [0.717, 1.165) is 0 Å².